The lowest BCUT2D eigenvalue weighted by Gasteiger charge is -1.95. The van der Waals surface area contributed by atoms with E-state index in [0.29, 0.717) is 23.4 Å². The van der Waals surface area contributed by atoms with E-state index < -0.39 is 0 Å². The van der Waals surface area contributed by atoms with Crippen molar-refractivity contribution in [1.82, 2.24) is 24.9 Å². The Morgan fingerprint density at radius 3 is 2.81 bits per heavy atom. The molecule has 5 aromatic rings. The van der Waals surface area contributed by atoms with Gasteiger partial charge in [-0.2, -0.15) is 0 Å². The molecule has 7 nitrogen and oxygen atoms in total. The minimum absolute atomic E-state index is 0.440. The Hall–Kier alpha value is -3.48. The number of aromatic nitrogens is 5. The van der Waals surface area contributed by atoms with E-state index in [9.17, 15) is 0 Å². The van der Waals surface area contributed by atoms with Crippen molar-refractivity contribution in [3.05, 3.63) is 48.4 Å². The van der Waals surface area contributed by atoms with Crippen LogP contribution in [0.4, 0.5) is 0 Å². The van der Waals surface area contributed by atoms with Gasteiger partial charge in [-0.05, 0) is 25.0 Å². The molecule has 1 aliphatic rings. The molecule has 1 aromatic carbocycles. The molecular weight excluding hydrogens is 342 g/mol. The number of hydrogen-bond donors (Lipinski definition) is 0. The molecule has 4 heterocycles. The molecular formula is C20H15N5O2. The molecule has 1 fully saturated rings. The smallest absolute Gasteiger partial charge is 0.257 e. The Morgan fingerprint density at radius 2 is 1.93 bits per heavy atom. The van der Waals surface area contributed by atoms with Crippen molar-refractivity contribution < 1.29 is 8.94 Å². The molecule has 132 valence electrons. The standard InChI is InChI=1S/C20H15N5O2/c1-25-10-15(13-4-2-3-5-16(13)25)20-23-22-18(26-20)12-8-14-17(11-6-7-11)24-27-19(14)21-9-12/h2-5,8-11H,6-7H2,1H3. The number of rotatable bonds is 3. The molecule has 0 bridgehead atoms. The molecule has 0 aliphatic heterocycles. The Kier molecular flexibility index (Phi) is 2.86. The van der Waals surface area contributed by atoms with Gasteiger partial charge in [-0.15, -0.1) is 10.2 Å². The molecule has 0 N–H and O–H groups in total. The number of nitrogens with zero attached hydrogens (tertiary/aromatic N) is 5. The van der Waals surface area contributed by atoms with Crippen LogP contribution in [-0.4, -0.2) is 24.9 Å². The minimum Gasteiger partial charge on any atom is -0.416 e. The predicted molar refractivity (Wildman–Crippen MR) is 99.0 cm³/mol. The fourth-order valence-corrected chi connectivity index (χ4v) is 3.58. The molecule has 0 spiro atoms. The molecule has 4 aromatic heterocycles. The monoisotopic (exact) mass is 357 g/mol. The average Bonchev–Trinajstić information content (AvgIpc) is 3.14. The van der Waals surface area contributed by atoms with Gasteiger partial charge < -0.3 is 13.5 Å². The van der Waals surface area contributed by atoms with E-state index in [4.69, 9.17) is 8.94 Å². The fourth-order valence-electron chi connectivity index (χ4n) is 3.58. The zero-order valence-corrected chi connectivity index (χ0v) is 14.6. The number of hydrogen-bond acceptors (Lipinski definition) is 6. The zero-order chi connectivity index (χ0) is 18.0. The number of benzene rings is 1. The van der Waals surface area contributed by atoms with Gasteiger partial charge in [0.05, 0.1) is 22.2 Å². The summed E-state index contributed by atoms with van der Waals surface area (Å²) < 4.78 is 13.4. The fraction of sp³-hybridized carbons (Fsp3) is 0.200. The van der Waals surface area contributed by atoms with E-state index in [1.54, 1.807) is 6.20 Å². The highest BCUT2D eigenvalue weighted by Gasteiger charge is 2.29. The van der Waals surface area contributed by atoms with Crippen molar-refractivity contribution >= 4 is 22.0 Å². The maximum Gasteiger partial charge on any atom is 0.257 e. The van der Waals surface area contributed by atoms with Gasteiger partial charge in [0.2, 0.25) is 11.8 Å². The highest BCUT2D eigenvalue weighted by molar-refractivity contribution is 5.94. The van der Waals surface area contributed by atoms with Crippen LogP contribution < -0.4 is 0 Å². The normalized spacial score (nSPS) is 14.4. The summed E-state index contributed by atoms with van der Waals surface area (Å²) in [5, 5.41) is 14.7. The third-order valence-electron chi connectivity index (χ3n) is 5.12. The summed E-state index contributed by atoms with van der Waals surface area (Å²) in [5.74, 6) is 1.42. The van der Waals surface area contributed by atoms with Gasteiger partial charge in [-0.1, -0.05) is 23.4 Å². The number of para-hydroxylation sites is 1. The quantitative estimate of drug-likeness (QED) is 0.478. The molecule has 27 heavy (non-hydrogen) atoms. The summed E-state index contributed by atoms with van der Waals surface area (Å²) in [6.07, 6.45) is 5.99. The summed E-state index contributed by atoms with van der Waals surface area (Å²) in [5.41, 5.74) is 4.34. The lowest BCUT2D eigenvalue weighted by atomic mass is 10.1. The maximum absolute atomic E-state index is 5.99. The third kappa shape index (κ3) is 2.21. The summed E-state index contributed by atoms with van der Waals surface area (Å²) in [7, 11) is 2.01. The van der Waals surface area contributed by atoms with E-state index in [0.717, 1.165) is 46.0 Å². The lowest BCUT2D eigenvalue weighted by molar-refractivity contribution is 0.439. The van der Waals surface area contributed by atoms with Gasteiger partial charge in [0.25, 0.3) is 5.71 Å². The second-order valence-electron chi connectivity index (χ2n) is 7.00. The van der Waals surface area contributed by atoms with E-state index in [-0.39, 0.29) is 0 Å². The van der Waals surface area contributed by atoms with Crippen LogP contribution >= 0.6 is 0 Å². The lowest BCUT2D eigenvalue weighted by Crippen LogP contribution is -1.83. The minimum atomic E-state index is 0.440. The summed E-state index contributed by atoms with van der Waals surface area (Å²) in [6.45, 7) is 0. The van der Waals surface area contributed by atoms with Crippen LogP contribution in [0.1, 0.15) is 24.5 Å². The van der Waals surface area contributed by atoms with Crippen LogP contribution in [0.25, 0.3) is 44.9 Å². The summed E-state index contributed by atoms with van der Waals surface area (Å²) in [6, 6.07) is 10.1. The molecule has 7 heteroatoms. The summed E-state index contributed by atoms with van der Waals surface area (Å²) in [4.78, 5) is 4.36. The van der Waals surface area contributed by atoms with E-state index in [2.05, 4.69) is 37.0 Å². The van der Waals surface area contributed by atoms with Crippen LogP contribution in [0.15, 0.2) is 51.7 Å². The van der Waals surface area contributed by atoms with Gasteiger partial charge in [-0.3, -0.25) is 0 Å². The van der Waals surface area contributed by atoms with Crippen molar-refractivity contribution in [2.24, 2.45) is 7.05 Å². The SMILES string of the molecule is Cn1cc(-c2nnc(-c3cnc4onc(C5CC5)c4c3)o2)c2ccccc21. The molecule has 1 aliphatic carbocycles. The first kappa shape index (κ1) is 14.7. The van der Waals surface area contributed by atoms with Gasteiger partial charge in [0.15, 0.2) is 0 Å². The van der Waals surface area contributed by atoms with Gasteiger partial charge in [-0.25, -0.2) is 4.98 Å². The molecule has 0 radical (unpaired) electrons. The first-order valence-corrected chi connectivity index (χ1v) is 8.91. The van der Waals surface area contributed by atoms with Crippen molar-refractivity contribution in [3.8, 4) is 22.9 Å². The van der Waals surface area contributed by atoms with Crippen LogP contribution in [-0.2, 0) is 7.05 Å². The van der Waals surface area contributed by atoms with Crippen LogP contribution in [0.2, 0.25) is 0 Å². The maximum atomic E-state index is 5.99. The van der Waals surface area contributed by atoms with Crippen LogP contribution in [0.3, 0.4) is 0 Å². The molecule has 0 amide bonds. The zero-order valence-electron chi connectivity index (χ0n) is 14.6. The number of pyridine rings is 1. The van der Waals surface area contributed by atoms with E-state index in [1.165, 1.54) is 0 Å². The van der Waals surface area contributed by atoms with Crippen molar-refractivity contribution in [1.29, 1.82) is 0 Å². The highest BCUT2D eigenvalue weighted by Crippen LogP contribution is 2.42. The van der Waals surface area contributed by atoms with Crippen molar-refractivity contribution in [2.75, 3.05) is 0 Å². The first-order chi connectivity index (χ1) is 13.3. The Labute approximate surface area is 153 Å². The second kappa shape index (κ2) is 5.26. The highest BCUT2D eigenvalue weighted by atomic mass is 16.5. The Bertz CT molecular complexity index is 1310. The molecule has 6 rings (SSSR count). The molecule has 0 unspecified atom stereocenters. The largest absolute Gasteiger partial charge is 0.416 e. The summed E-state index contributed by atoms with van der Waals surface area (Å²) >= 11 is 0. The van der Waals surface area contributed by atoms with Crippen molar-refractivity contribution in [2.45, 2.75) is 18.8 Å². The topological polar surface area (TPSA) is 82.8 Å². The van der Waals surface area contributed by atoms with Gasteiger partial charge >= 0.3 is 0 Å². The Balaban J connectivity index is 1.46. The first-order valence-electron chi connectivity index (χ1n) is 8.91. The molecule has 1 saturated carbocycles. The van der Waals surface area contributed by atoms with Crippen molar-refractivity contribution in [3.63, 3.8) is 0 Å². The van der Waals surface area contributed by atoms with E-state index >= 15 is 0 Å². The molecule has 0 saturated heterocycles. The number of fused-ring (bicyclic) bond motifs is 2. The molecule has 0 atom stereocenters. The van der Waals surface area contributed by atoms with Crippen LogP contribution in [0.5, 0.6) is 0 Å². The second-order valence-corrected chi connectivity index (χ2v) is 7.00. The predicted octanol–water partition coefficient (Wildman–Crippen LogP) is 4.31. The van der Waals surface area contributed by atoms with Crippen LogP contribution in [0, 0.1) is 0 Å². The van der Waals surface area contributed by atoms with E-state index in [1.807, 2.05) is 31.4 Å². The van der Waals surface area contributed by atoms with Gasteiger partial charge in [0.1, 0.15) is 0 Å². The Morgan fingerprint density at radius 1 is 1.07 bits per heavy atom. The third-order valence-corrected chi connectivity index (χ3v) is 5.12. The number of aryl methyl sites for hydroxylation is 1. The van der Waals surface area contributed by atoms with Gasteiger partial charge in [0, 0.05) is 36.3 Å². The average molecular weight is 357 g/mol.